The van der Waals surface area contributed by atoms with Crippen molar-refractivity contribution in [3.63, 3.8) is 0 Å². The summed E-state index contributed by atoms with van der Waals surface area (Å²) in [6.45, 7) is 1.15. The number of alkyl halides is 4. The van der Waals surface area contributed by atoms with E-state index in [1.165, 1.54) is 31.0 Å². The molecular weight excluding hydrogens is 635 g/mol. The van der Waals surface area contributed by atoms with Crippen molar-refractivity contribution < 1.29 is 27.6 Å². The average molecular weight is 661 g/mol. The van der Waals surface area contributed by atoms with Crippen LogP contribution in [0.5, 0.6) is 0 Å². The Labute approximate surface area is 264 Å². The van der Waals surface area contributed by atoms with Gasteiger partial charge in [-0.05, 0) is 0 Å². The smallest absolute Gasteiger partial charge is 0.423 e. The number of anilines is 4. The van der Waals surface area contributed by atoms with Crippen LogP contribution in [0, 0.1) is 23.7 Å². The average Bonchev–Trinajstić information content (AvgIpc) is 3.48. The van der Waals surface area contributed by atoms with E-state index >= 15 is 0 Å². The van der Waals surface area contributed by atoms with Gasteiger partial charge in [0.2, 0.25) is 11.9 Å². The van der Waals surface area contributed by atoms with Crippen molar-refractivity contribution in [3.05, 3.63) is 54.7 Å². The number of nitrogens with zero attached hydrogens (tertiary/aromatic N) is 10. The molecule has 240 valence electrons. The van der Waals surface area contributed by atoms with Crippen molar-refractivity contribution in [1.82, 2.24) is 39.9 Å². The monoisotopic (exact) mass is 660 g/mol. The highest BCUT2D eigenvalue weighted by Crippen LogP contribution is 2.60. The van der Waals surface area contributed by atoms with E-state index in [1.54, 1.807) is 28.4 Å². The Morgan fingerprint density at radius 2 is 1.11 bits per heavy atom. The quantitative estimate of drug-likeness (QED) is 0.177. The van der Waals surface area contributed by atoms with Gasteiger partial charge in [0.1, 0.15) is 16.8 Å². The largest absolute Gasteiger partial charge is 0.491 e. The Hall–Kier alpha value is -4.49. The van der Waals surface area contributed by atoms with Crippen LogP contribution < -0.4 is 26.7 Å². The second kappa shape index (κ2) is 12.0. The van der Waals surface area contributed by atoms with Crippen LogP contribution in [0.1, 0.15) is 0 Å². The second-order valence-corrected chi connectivity index (χ2v) is 11.5. The van der Waals surface area contributed by atoms with Gasteiger partial charge in [-0.25, -0.2) is 47.5 Å². The van der Waals surface area contributed by atoms with Crippen molar-refractivity contribution >= 4 is 47.7 Å². The maximum absolute atomic E-state index is 13.2. The Balaban J connectivity index is 0.000000133. The van der Waals surface area contributed by atoms with Crippen LogP contribution >= 0.6 is 11.6 Å². The number of piperidine rings is 2. The summed E-state index contributed by atoms with van der Waals surface area (Å²) < 4.78 is 52.3. The lowest BCUT2D eigenvalue weighted by molar-refractivity contribution is 0.0790. The summed E-state index contributed by atoms with van der Waals surface area (Å²) in [5, 5.41) is 18.0. The van der Waals surface area contributed by atoms with E-state index in [0.29, 0.717) is 53.0 Å². The summed E-state index contributed by atoms with van der Waals surface area (Å²) >= 11 is 5.39. The van der Waals surface area contributed by atoms with Gasteiger partial charge in [0.15, 0.2) is 0 Å². The first-order valence-electron chi connectivity index (χ1n) is 13.9. The minimum Gasteiger partial charge on any atom is -0.423 e. The number of nitrogens with two attached hydrogens (primary N) is 2. The van der Waals surface area contributed by atoms with Crippen molar-refractivity contribution in [2.75, 3.05) is 47.4 Å². The molecule has 4 atom stereocenters. The number of halogens is 5. The Morgan fingerprint density at radius 3 is 1.50 bits per heavy atom. The molecule has 4 fully saturated rings. The molecule has 4 aromatic rings. The molecule has 2 saturated carbocycles. The standard InChI is InChI=1S/C13H12F2N6.C9H10BF2N3O2.C4H4ClN3/c14-13(15)8-5-21(6-9(8)13)12-18-1-7(2-19-12)10-3-17-4-11(16)20-10;11-9(12)6-3-15(4-7(6)9)8-13-1-5(2-14-8)10(16)17;5-3-1-7-2-4(6)8-3/h1-4,8-9H,5-6H2,(H2,16,20);1-2,6-7,16-17H,3-4H2;1-2H,(H2,6,8). The van der Waals surface area contributed by atoms with E-state index in [1.807, 2.05) is 0 Å². The van der Waals surface area contributed by atoms with Crippen molar-refractivity contribution in [2.45, 2.75) is 11.8 Å². The lowest BCUT2D eigenvalue weighted by atomic mass is 9.83. The highest BCUT2D eigenvalue weighted by atomic mass is 35.5. The maximum Gasteiger partial charge on any atom is 0.491 e. The molecular formula is C26H26BClF4N12O2. The van der Waals surface area contributed by atoms with Gasteiger partial charge >= 0.3 is 7.12 Å². The number of hydrogen-bond donors (Lipinski definition) is 4. The highest BCUT2D eigenvalue weighted by molar-refractivity contribution is 6.58. The molecule has 0 radical (unpaired) electrons. The van der Waals surface area contributed by atoms with Crippen LogP contribution in [0.2, 0.25) is 5.15 Å². The number of hydrogen-bond acceptors (Lipinski definition) is 14. The minimum absolute atomic E-state index is 0.184. The number of aromatic nitrogens is 8. The molecule has 8 rings (SSSR count). The zero-order valence-corrected chi connectivity index (χ0v) is 24.5. The number of rotatable bonds is 4. The van der Waals surface area contributed by atoms with Gasteiger partial charge in [0, 0.05) is 62.0 Å². The van der Waals surface area contributed by atoms with Gasteiger partial charge in [-0.3, -0.25) is 9.97 Å². The molecule has 2 saturated heterocycles. The minimum atomic E-state index is -2.52. The molecule has 2 aliphatic carbocycles. The molecule has 46 heavy (non-hydrogen) atoms. The lowest BCUT2D eigenvalue weighted by Gasteiger charge is -2.19. The van der Waals surface area contributed by atoms with Gasteiger partial charge in [-0.1, -0.05) is 11.6 Å². The molecule has 0 aromatic carbocycles. The van der Waals surface area contributed by atoms with Gasteiger partial charge in [0.05, 0.1) is 54.2 Å². The molecule has 0 amide bonds. The van der Waals surface area contributed by atoms with Crippen LogP contribution in [-0.2, 0) is 0 Å². The summed E-state index contributed by atoms with van der Waals surface area (Å²) in [6.07, 6.45) is 11.7. The predicted octanol–water partition coefficient (Wildman–Crippen LogP) is 0.787. The van der Waals surface area contributed by atoms with Crippen LogP contribution in [0.15, 0.2) is 49.6 Å². The lowest BCUT2D eigenvalue weighted by Crippen LogP contribution is -2.33. The molecule has 4 aliphatic rings. The molecule has 0 bridgehead atoms. The Kier molecular flexibility index (Phi) is 8.24. The SMILES string of the molecule is Nc1cncc(-c2cnc(N3CC4C(C3)C4(F)F)nc2)n1.Nc1cncc(Cl)n1.OB(O)c1cnc(N2CC3C(C2)C3(F)F)nc1. The molecule has 2 aliphatic heterocycles. The fourth-order valence-corrected chi connectivity index (χ4v) is 5.62. The third-order valence-electron chi connectivity index (χ3n) is 8.13. The van der Waals surface area contributed by atoms with E-state index in [4.69, 9.17) is 33.1 Å². The van der Waals surface area contributed by atoms with E-state index < -0.39 is 42.6 Å². The van der Waals surface area contributed by atoms with Crippen LogP contribution in [0.4, 0.5) is 41.1 Å². The molecule has 4 aromatic heterocycles. The zero-order valence-electron chi connectivity index (χ0n) is 23.7. The van der Waals surface area contributed by atoms with Gasteiger partial charge in [-0.15, -0.1) is 0 Å². The van der Waals surface area contributed by atoms with Crippen LogP contribution in [-0.4, -0.2) is 95.1 Å². The Bertz CT molecular complexity index is 1650. The fraction of sp³-hybridized carbons (Fsp3) is 0.385. The molecule has 0 spiro atoms. The van der Waals surface area contributed by atoms with Crippen LogP contribution in [0.3, 0.4) is 0 Å². The van der Waals surface area contributed by atoms with Gasteiger partial charge in [0.25, 0.3) is 11.8 Å². The third-order valence-corrected chi connectivity index (χ3v) is 8.31. The summed E-state index contributed by atoms with van der Waals surface area (Å²) in [6, 6.07) is 0. The molecule has 6 heterocycles. The number of nitrogen functional groups attached to an aromatic ring is 2. The predicted molar refractivity (Wildman–Crippen MR) is 159 cm³/mol. The van der Waals surface area contributed by atoms with E-state index in [0.717, 1.165) is 0 Å². The summed E-state index contributed by atoms with van der Waals surface area (Å²) in [4.78, 5) is 35.2. The fourth-order valence-electron chi connectivity index (χ4n) is 5.46. The first-order valence-corrected chi connectivity index (χ1v) is 14.3. The zero-order chi connectivity index (χ0) is 32.8. The van der Waals surface area contributed by atoms with E-state index in [9.17, 15) is 17.6 Å². The topological polar surface area (TPSA) is 202 Å². The Morgan fingerprint density at radius 1 is 0.674 bits per heavy atom. The molecule has 6 N–H and O–H groups in total. The van der Waals surface area contributed by atoms with E-state index in [2.05, 4.69) is 39.9 Å². The highest BCUT2D eigenvalue weighted by Gasteiger charge is 2.72. The summed E-state index contributed by atoms with van der Waals surface area (Å²) in [7, 11) is -1.61. The molecule has 14 nitrogen and oxygen atoms in total. The van der Waals surface area contributed by atoms with Crippen molar-refractivity contribution in [2.24, 2.45) is 23.7 Å². The summed E-state index contributed by atoms with van der Waals surface area (Å²) in [5.74, 6) is -5.75. The molecule has 4 unspecified atom stereocenters. The molecule has 20 heteroatoms. The maximum atomic E-state index is 13.2. The van der Waals surface area contributed by atoms with Crippen molar-refractivity contribution in [3.8, 4) is 11.3 Å². The van der Waals surface area contributed by atoms with E-state index in [-0.39, 0.29) is 18.6 Å². The normalized spacial score (nSPS) is 24.1. The second-order valence-electron chi connectivity index (χ2n) is 11.1. The van der Waals surface area contributed by atoms with Gasteiger partial charge < -0.3 is 31.3 Å². The van der Waals surface area contributed by atoms with Crippen LogP contribution in [0.25, 0.3) is 11.3 Å². The first-order chi connectivity index (χ1) is 21.8. The summed E-state index contributed by atoms with van der Waals surface area (Å²) in [5.41, 5.74) is 12.2. The van der Waals surface area contributed by atoms with Gasteiger partial charge in [-0.2, -0.15) is 0 Å². The first kappa shape index (κ1) is 31.5. The third kappa shape index (κ3) is 6.43. The number of fused-ring (bicyclic) bond motifs is 2. The van der Waals surface area contributed by atoms with Crippen molar-refractivity contribution in [1.29, 1.82) is 0 Å².